The number of rotatable bonds is 5. The molecular weight excluding hydrogens is 334 g/mol. The van der Waals surface area contributed by atoms with Gasteiger partial charge in [0, 0.05) is 5.02 Å². The number of imide groups is 1. The van der Waals surface area contributed by atoms with Crippen molar-refractivity contribution >= 4 is 29.4 Å². The minimum atomic E-state index is -0.841. The maximum atomic E-state index is 12.0. The number of nitrogens with zero attached hydrogens (tertiary/aromatic N) is 1. The molecular formula is C17H12ClNO5. The molecule has 0 saturated carbocycles. The summed E-state index contributed by atoms with van der Waals surface area (Å²) in [7, 11) is 0. The van der Waals surface area contributed by atoms with Crippen LogP contribution in [0.3, 0.4) is 0 Å². The van der Waals surface area contributed by atoms with E-state index in [0.29, 0.717) is 10.1 Å². The van der Waals surface area contributed by atoms with Crippen LogP contribution in [-0.2, 0) is 21.0 Å². The minimum Gasteiger partial charge on any atom is -0.365 e. The molecule has 3 rings (SSSR count). The van der Waals surface area contributed by atoms with Crippen molar-refractivity contribution in [1.29, 1.82) is 0 Å². The minimum absolute atomic E-state index is 0.151. The molecule has 0 saturated heterocycles. The molecule has 1 aliphatic rings. The van der Waals surface area contributed by atoms with Crippen molar-refractivity contribution in [2.75, 3.05) is 6.61 Å². The van der Waals surface area contributed by atoms with Crippen LogP contribution < -0.4 is 0 Å². The first-order valence-corrected chi connectivity index (χ1v) is 7.45. The van der Waals surface area contributed by atoms with Gasteiger partial charge in [-0.2, -0.15) is 0 Å². The molecule has 1 heterocycles. The lowest BCUT2D eigenvalue weighted by Crippen LogP contribution is -2.34. The first kappa shape index (κ1) is 16.2. The predicted octanol–water partition coefficient (Wildman–Crippen LogP) is 2.61. The molecule has 0 aliphatic carbocycles. The van der Waals surface area contributed by atoms with E-state index in [9.17, 15) is 14.4 Å². The summed E-state index contributed by atoms with van der Waals surface area (Å²) in [5.41, 5.74) is 1.20. The van der Waals surface area contributed by atoms with Crippen molar-refractivity contribution in [2.24, 2.45) is 0 Å². The number of hydrogen-bond acceptors (Lipinski definition) is 5. The molecule has 0 radical (unpaired) electrons. The molecule has 7 heteroatoms. The summed E-state index contributed by atoms with van der Waals surface area (Å²) in [6.45, 7) is -0.252. The average molecular weight is 346 g/mol. The fourth-order valence-electron chi connectivity index (χ4n) is 2.26. The molecule has 122 valence electrons. The van der Waals surface area contributed by atoms with E-state index in [1.807, 2.05) is 0 Å². The lowest BCUT2D eigenvalue weighted by molar-refractivity contribution is -0.174. The zero-order valence-electron chi connectivity index (χ0n) is 12.4. The predicted molar refractivity (Wildman–Crippen MR) is 84.1 cm³/mol. The van der Waals surface area contributed by atoms with Crippen molar-refractivity contribution in [3.63, 3.8) is 0 Å². The number of benzene rings is 2. The van der Waals surface area contributed by atoms with Gasteiger partial charge in [-0.3, -0.25) is 9.59 Å². The van der Waals surface area contributed by atoms with Crippen LogP contribution >= 0.6 is 11.6 Å². The van der Waals surface area contributed by atoms with Gasteiger partial charge in [0.05, 0.1) is 17.7 Å². The Kier molecular flexibility index (Phi) is 4.59. The number of hydrogen-bond donors (Lipinski definition) is 0. The van der Waals surface area contributed by atoms with Gasteiger partial charge in [0.15, 0.2) is 0 Å². The van der Waals surface area contributed by atoms with E-state index in [0.717, 1.165) is 5.56 Å². The van der Waals surface area contributed by atoms with E-state index in [-0.39, 0.29) is 17.7 Å². The Bertz CT molecular complexity index is 785. The fraction of sp³-hybridized carbons (Fsp3) is 0.118. The molecule has 2 aromatic carbocycles. The van der Waals surface area contributed by atoms with Crippen molar-refractivity contribution in [3.8, 4) is 0 Å². The third kappa shape index (κ3) is 3.29. The summed E-state index contributed by atoms with van der Waals surface area (Å²) < 4.78 is 5.21. The van der Waals surface area contributed by atoms with Crippen molar-refractivity contribution in [1.82, 2.24) is 5.06 Å². The largest absolute Gasteiger partial charge is 0.365 e. The fourth-order valence-corrected chi connectivity index (χ4v) is 2.47. The molecule has 24 heavy (non-hydrogen) atoms. The smallest absolute Gasteiger partial charge is 0.358 e. The summed E-state index contributed by atoms with van der Waals surface area (Å²) in [6.07, 6.45) is 0. The molecule has 0 bridgehead atoms. The Morgan fingerprint density at radius 2 is 1.67 bits per heavy atom. The summed E-state index contributed by atoms with van der Waals surface area (Å²) >= 11 is 5.85. The highest BCUT2D eigenvalue weighted by atomic mass is 35.5. The van der Waals surface area contributed by atoms with Gasteiger partial charge in [-0.05, 0) is 29.8 Å². The standard InChI is InChI=1S/C17H12ClNO5/c18-12-5-3-4-11(8-12)9-23-10-15(20)24-19-16(21)13-6-1-2-7-14(13)17(19)22/h1-8H,9-10H2. The average Bonchev–Trinajstić information content (AvgIpc) is 2.80. The Hall–Kier alpha value is -2.70. The third-order valence-electron chi connectivity index (χ3n) is 3.33. The van der Waals surface area contributed by atoms with Crippen molar-refractivity contribution in [2.45, 2.75) is 6.61 Å². The first-order valence-electron chi connectivity index (χ1n) is 7.07. The van der Waals surface area contributed by atoms with Gasteiger partial charge < -0.3 is 9.57 Å². The Labute approximate surface area is 142 Å². The van der Waals surface area contributed by atoms with Gasteiger partial charge in [0.1, 0.15) is 6.61 Å². The van der Waals surface area contributed by atoms with Gasteiger partial charge in [-0.25, -0.2) is 4.79 Å². The number of ether oxygens (including phenoxy) is 1. The van der Waals surface area contributed by atoms with Crippen LogP contribution in [0.1, 0.15) is 26.3 Å². The second-order valence-corrected chi connectivity index (χ2v) is 5.47. The van der Waals surface area contributed by atoms with Crippen LogP contribution in [0.5, 0.6) is 0 Å². The molecule has 1 aliphatic heterocycles. The molecule has 2 aromatic rings. The Balaban J connectivity index is 1.54. The van der Waals surface area contributed by atoms with E-state index in [1.165, 1.54) is 12.1 Å². The molecule has 0 aromatic heterocycles. The van der Waals surface area contributed by atoms with E-state index in [4.69, 9.17) is 21.2 Å². The Morgan fingerprint density at radius 1 is 1.00 bits per heavy atom. The number of carbonyl (C=O) groups is 3. The van der Waals surface area contributed by atoms with E-state index in [1.54, 1.807) is 36.4 Å². The maximum Gasteiger partial charge on any atom is 0.358 e. The van der Waals surface area contributed by atoms with Crippen LogP contribution in [0.25, 0.3) is 0 Å². The highest BCUT2D eigenvalue weighted by Crippen LogP contribution is 2.22. The molecule has 6 nitrogen and oxygen atoms in total. The van der Waals surface area contributed by atoms with E-state index < -0.39 is 24.4 Å². The van der Waals surface area contributed by atoms with Crippen LogP contribution in [0.15, 0.2) is 48.5 Å². The van der Waals surface area contributed by atoms with Gasteiger partial charge in [0.2, 0.25) is 0 Å². The summed E-state index contributed by atoms with van der Waals surface area (Å²) in [5, 5.41) is 1.01. The van der Waals surface area contributed by atoms with Crippen molar-refractivity contribution in [3.05, 3.63) is 70.2 Å². The summed E-state index contributed by atoms with van der Waals surface area (Å²) in [4.78, 5) is 40.7. The summed E-state index contributed by atoms with van der Waals surface area (Å²) in [5.74, 6) is -2.18. The number of amides is 2. The zero-order chi connectivity index (χ0) is 17.1. The first-order chi connectivity index (χ1) is 11.6. The number of fused-ring (bicyclic) bond motifs is 1. The van der Waals surface area contributed by atoms with Crippen molar-refractivity contribution < 1.29 is 24.0 Å². The van der Waals surface area contributed by atoms with E-state index >= 15 is 0 Å². The highest BCUT2D eigenvalue weighted by Gasteiger charge is 2.38. The molecule has 2 amide bonds. The molecule has 0 fully saturated rings. The summed E-state index contributed by atoms with van der Waals surface area (Å²) in [6, 6.07) is 13.2. The van der Waals surface area contributed by atoms with Crippen LogP contribution in [0.4, 0.5) is 0 Å². The van der Waals surface area contributed by atoms with E-state index in [2.05, 4.69) is 0 Å². The lowest BCUT2D eigenvalue weighted by atomic mass is 10.1. The quantitative estimate of drug-likeness (QED) is 0.779. The second kappa shape index (κ2) is 6.82. The second-order valence-electron chi connectivity index (χ2n) is 5.04. The number of hydroxylamine groups is 2. The van der Waals surface area contributed by atoms with Crippen LogP contribution in [0, 0.1) is 0 Å². The molecule has 0 unspecified atom stereocenters. The van der Waals surface area contributed by atoms with Crippen LogP contribution in [-0.4, -0.2) is 29.5 Å². The maximum absolute atomic E-state index is 12.0. The monoisotopic (exact) mass is 345 g/mol. The number of halogens is 1. The van der Waals surface area contributed by atoms with Gasteiger partial charge >= 0.3 is 5.97 Å². The Morgan fingerprint density at radius 3 is 2.29 bits per heavy atom. The SMILES string of the molecule is O=C(COCc1cccc(Cl)c1)ON1C(=O)c2ccccc2C1=O. The zero-order valence-corrected chi connectivity index (χ0v) is 13.2. The molecule has 0 spiro atoms. The highest BCUT2D eigenvalue weighted by molar-refractivity contribution is 6.30. The lowest BCUT2D eigenvalue weighted by Gasteiger charge is -2.12. The van der Waals surface area contributed by atoms with Gasteiger partial charge in [-0.15, -0.1) is 0 Å². The number of carbonyl (C=O) groups excluding carboxylic acids is 3. The third-order valence-corrected chi connectivity index (χ3v) is 3.56. The van der Waals surface area contributed by atoms with Gasteiger partial charge in [-0.1, -0.05) is 40.9 Å². The normalized spacial score (nSPS) is 13.1. The van der Waals surface area contributed by atoms with Crippen LogP contribution in [0.2, 0.25) is 5.02 Å². The topological polar surface area (TPSA) is 72.9 Å². The molecule has 0 atom stereocenters. The van der Waals surface area contributed by atoms with Gasteiger partial charge in [0.25, 0.3) is 11.8 Å². The molecule has 0 N–H and O–H groups in total.